The molecule has 1 saturated carbocycles. The third-order valence-electron chi connectivity index (χ3n) is 4.16. The Balaban J connectivity index is 2.15. The topological polar surface area (TPSA) is 35.2 Å². The van der Waals surface area contributed by atoms with Gasteiger partial charge in [-0.2, -0.15) is 0 Å². The first kappa shape index (κ1) is 12.4. The minimum Gasteiger partial charge on any atom is -0.497 e. The van der Waals surface area contributed by atoms with Crippen molar-refractivity contribution >= 4 is 0 Å². The number of benzene rings is 1. The van der Waals surface area contributed by atoms with Crippen LogP contribution < -0.4 is 10.5 Å². The molecule has 2 rings (SSSR count). The number of ether oxygens (including phenoxy) is 1. The van der Waals surface area contributed by atoms with Gasteiger partial charge in [-0.15, -0.1) is 0 Å². The molecule has 0 aliphatic heterocycles. The molecule has 1 aromatic rings. The van der Waals surface area contributed by atoms with Crippen LogP contribution in [-0.2, 0) is 5.54 Å². The molecule has 2 heteroatoms. The van der Waals surface area contributed by atoms with Crippen LogP contribution in [-0.4, -0.2) is 7.11 Å². The molecule has 1 fully saturated rings. The molecule has 1 aliphatic rings. The van der Waals surface area contributed by atoms with Gasteiger partial charge in [-0.25, -0.2) is 0 Å². The van der Waals surface area contributed by atoms with Crippen LogP contribution in [0.25, 0.3) is 0 Å². The van der Waals surface area contributed by atoms with Crippen LogP contribution in [0.15, 0.2) is 24.3 Å². The zero-order valence-electron chi connectivity index (χ0n) is 11.1. The quantitative estimate of drug-likeness (QED) is 0.849. The molecular weight excluding hydrogens is 210 g/mol. The van der Waals surface area contributed by atoms with Gasteiger partial charge in [0.1, 0.15) is 5.75 Å². The third kappa shape index (κ3) is 2.63. The Bertz CT molecular complexity index is 370. The maximum Gasteiger partial charge on any atom is 0.118 e. The van der Waals surface area contributed by atoms with Gasteiger partial charge in [0.2, 0.25) is 0 Å². The molecule has 0 saturated heterocycles. The van der Waals surface area contributed by atoms with Crippen LogP contribution in [0.1, 0.15) is 45.1 Å². The van der Waals surface area contributed by atoms with E-state index in [1.54, 1.807) is 7.11 Å². The van der Waals surface area contributed by atoms with E-state index in [0.717, 1.165) is 18.6 Å². The van der Waals surface area contributed by atoms with E-state index in [1.165, 1.54) is 18.4 Å². The number of rotatable bonds is 2. The van der Waals surface area contributed by atoms with Crippen molar-refractivity contribution in [2.24, 2.45) is 11.1 Å². The van der Waals surface area contributed by atoms with Gasteiger partial charge < -0.3 is 10.5 Å². The van der Waals surface area contributed by atoms with Gasteiger partial charge in [-0.3, -0.25) is 0 Å². The minimum absolute atomic E-state index is 0.137. The van der Waals surface area contributed by atoms with Crippen molar-refractivity contribution in [2.45, 2.75) is 45.1 Å². The molecule has 0 unspecified atom stereocenters. The number of methoxy groups -OCH3 is 1. The zero-order valence-corrected chi connectivity index (χ0v) is 11.1. The molecule has 2 nitrogen and oxygen atoms in total. The number of hydrogen-bond donors (Lipinski definition) is 1. The van der Waals surface area contributed by atoms with Gasteiger partial charge in [-0.1, -0.05) is 26.0 Å². The Morgan fingerprint density at radius 3 is 2.00 bits per heavy atom. The van der Waals surface area contributed by atoms with E-state index in [1.807, 2.05) is 12.1 Å². The largest absolute Gasteiger partial charge is 0.497 e. The van der Waals surface area contributed by atoms with E-state index in [2.05, 4.69) is 26.0 Å². The summed E-state index contributed by atoms with van der Waals surface area (Å²) >= 11 is 0. The van der Waals surface area contributed by atoms with Crippen molar-refractivity contribution in [1.29, 1.82) is 0 Å². The fraction of sp³-hybridized carbons (Fsp3) is 0.600. The van der Waals surface area contributed by atoms with E-state index in [-0.39, 0.29) is 5.54 Å². The van der Waals surface area contributed by atoms with E-state index in [9.17, 15) is 0 Å². The van der Waals surface area contributed by atoms with Gasteiger partial charge >= 0.3 is 0 Å². The molecule has 17 heavy (non-hydrogen) atoms. The predicted octanol–water partition coefficient (Wildman–Crippen LogP) is 3.45. The Hall–Kier alpha value is -1.02. The fourth-order valence-electron chi connectivity index (χ4n) is 2.58. The lowest BCUT2D eigenvalue weighted by Gasteiger charge is -2.41. The molecule has 0 atom stereocenters. The van der Waals surface area contributed by atoms with Gasteiger partial charge in [0, 0.05) is 5.54 Å². The van der Waals surface area contributed by atoms with Crippen LogP contribution >= 0.6 is 0 Å². The first-order valence-corrected chi connectivity index (χ1v) is 6.39. The van der Waals surface area contributed by atoms with Crippen molar-refractivity contribution < 1.29 is 4.74 Å². The van der Waals surface area contributed by atoms with E-state index >= 15 is 0 Å². The van der Waals surface area contributed by atoms with E-state index in [0.29, 0.717) is 5.41 Å². The molecule has 0 spiro atoms. The smallest absolute Gasteiger partial charge is 0.118 e. The molecule has 2 N–H and O–H groups in total. The summed E-state index contributed by atoms with van der Waals surface area (Å²) in [7, 11) is 1.69. The highest BCUT2D eigenvalue weighted by Gasteiger charge is 2.36. The number of nitrogens with two attached hydrogens (primary N) is 1. The molecule has 0 radical (unpaired) electrons. The first-order valence-electron chi connectivity index (χ1n) is 6.39. The molecule has 0 bridgehead atoms. The molecule has 0 heterocycles. The second kappa shape index (κ2) is 4.34. The van der Waals surface area contributed by atoms with Crippen molar-refractivity contribution in [1.82, 2.24) is 0 Å². The molecular formula is C15H23NO. The second-order valence-corrected chi connectivity index (χ2v) is 6.05. The lowest BCUT2D eigenvalue weighted by Crippen LogP contribution is -2.42. The van der Waals surface area contributed by atoms with Crippen LogP contribution in [0.3, 0.4) is 0 Å². The van der Waals surface area contributed by atoms with Crippen LogP contribution in [0.5, 0.6) is 5.75 Å². The predicted molar refractivity (Wildman–Crippen MR) is 71.1 cm³/mol. The minimum atomic E-state index is -0.137. The summed E-state index contributed by atoms with van der Waals surface area (Å²) in [5, 5.41) is 0. The van der Waals surface area contributed by atoms with Crippen LogP contribution in [0, 0.1) is 5.41 Å². The average molecular weight is 233 g/mol. The van der Waals surface area contributed by atoms with E-state index in [4.69, 9.17) is 10.5 Å². The van der Waals surface area contributed by atoms with Gasteiger partial charge in [-0.05, 0) is 48.8 Å². The second-order valence-electron chi connectivity index (χ2n) is 6.05. The van der Waals surface area contributed by atoms with Crippen LogP contribution in [0.2, 0.25) is 0 Å². The maximum atomic E-state index is 6.55. The fourth-order valence-corrected chi connectivity index (χ4v) is 2.58. The molecule has 0 amide bonds. The SMILES string of the molecule is COc1ccc(C2(N)CCC(C)(C)CC2)cc1. The summed E-state index contributed by atoms with van der Waals surface area (Å²) in [4.78, 5) is 0. The van der Waals surface area contributed by atoms with Crippen molar-refractivity contribution in [2.75, 3.05) is 7.11 Å². The summed E-state index contributed by atoms with van der Waals surface area (Å²) < 4.78 is 5.18. The lowest BCUT2D eigenvalue weighted by molar-refractivity contribution is 0.165. The summed E-state index contributed by atoms with van der Waals surface area (Å²) in [5.41, 5.74) is 8.11. The monoisotopic (exact) mass is 233 g/mol. The van der Waals surface area contributed by atoms with Gasteiger partial charge in [0.05, 0.1) is 7.11 Å². The molecule has 1 aliphatic carbocycles. The Kier molecular flexibility index (Phi) is 3.17. The summed E-state index contributed by atoms with van der Waals surface area (Å²) in [5.74, 6) is 0.897. The van der Waals surface area contributed by atoms with Gasteiger partial charge in [0.15, 0.2) is 0 Å². The van der Waals surface area contributed by atoms with Crippen molar-refractivity contribution in [3.8, 4) is 5.75 Å². The van der Waals surface area contributed by atoms with E-state index < -0.39 is 0 Å². The highest BCUT2D eigenvalue weighted by Crippen LogP contribution is 2.43. The zero-order chi connectivity index (χ0) is 12.5. The average Bonchev–Trinajstić information content (AvgIpc) is 2.34. The number of hydrogen-bond acceptors (Lipinski definition) is 2. The Labute approximate surface area is 104 Å². The Morgan fingerprint density at radius 2 is 1.53 bits per heavy atom. The van der Waals surface area contributed by atoms with Gasteiger partial charge in [0.25, 0.3) is 0 Å². The molecule has 1 aromatic carbocycles. The van der Waals surface area contributed by atoms with Crippen molar-refractivity contribution in [3.63, 3.8) is 0 Å². The Morgan fingerprint density at radius 1 is 1.00 bits per heavy atom. The maximum absolute atomic E-state index is 6.55. The highest BCUT2D eigenvalue weighted by molar-refractivity contribution is 5.32. The summed E-state index contributed by atoms with van der Waals surface area (Å²) in [6.45, 7) is 4.67. The van der Waals surface area contributed by atoms with Crippen molar-refractivity contribution in [3.05, 3.63) is 29.8 Å². The molecule has 0 aromatic heterocycles. The highest BCUT2D eigenvalue weighted by atomic mass is 16.5. The standard InChI is InChI=1S/C15H23NO/c1-14(2)8-10-15(16,11-9-14)12-4-6-13(17-3)7-5-12/h4-7H,8-11,16H2,1-3H3. The summed E-state index contributed by atoms with van der Waals surface area (Å²) in [6, 6.07) is 8.22. The first-order chi connectivity index (χ1) is 7.95. The van der Waals surface area contributed by atoms with Crippen LogP contribution in [0.4, 0.5) is 0 Å². The third-order valence-corrected chi connectivity index (χ3v) is 4.16. The lowest BCUT2D eigenvalue weighted by atomic mass is 9.67. The molecule has 94 valence electrons. The normalized spacial score (nSPS) is 22.1. The summed E-state index contributed by atoms with van der Waals surface area (Å²) in [6.07, 6.45) is 4.56.